The molecule has 0 aliphatic carbocycles. The average Bonchev–Trinajstić information content (AvgIpc) is 3.16. The Morgan fingerprint density at radius 2 is 1.89 bits per heavy atom. The van der Waals surface area contributed by atoms with Gasteiger partial charge < -0.3 is 4.90 Å². The van der Waals surface area contributed by atoms with Crippen LogP contribution in [-0.4, -0.2) is 31.3 Å². The molecule has 3 aromatic rings. The van der Waals surface area contributed by atoms with E-state index in [1.807, 2.05) is 19.1 Å². The van der Waals surface area contributed by atoms with Crippen molar-refractivity contribution in [3.8, 4) is 10.6 Å². The highest BCUT2D eigenvalue weighted by atomic mass is 35.5. The molecular weight excluding hydrogens is 418 g/mol. The lowest BCUT2D eigenvalue weighted by molar-refractivity contribution is 0.0737. The van der Waals surface area contributed by atoms with Crippen LogP contribution in [0.15, 0.2) is 58.8 Å². The minimum atomic E-state index is -3.81. The SMILES string of the molecule is CC(c1cccc(S(N)(=O)=O)c1)N(C)C(=O)c1csc(-c2ccc(Cl)cc2)n1. The van der Waals surface area contributed by atoms with Crippen LogP contribution in [0, 0.1) is 0 Å². The number of hydrogen-bond acceptors (Lipinski definition) is 5. The zero-order valence-corrected chi connectivity index (χ0v) is 17.6. The highest BCUT2D eigenvalue weighted by molar-refractivity contribution is 7.89. The molecule has 1 unspecified atom stereocenters. The van der Waals surface area contributed by atoms with Crippen molar-refractivity contribution in [1.29, 1.82) is 0 Å². The predicted molar refractivity (Wildman–Crippen MR) is 111 cm³/mol. The highest BCUT2D eigenvalue weighted by Gasteiger charge is 2.22. The number of hydrogen-bond donors (Lipinski definition) is 1. The molecule has 0 bridgehead atoms. The average molecular weight is 436 g/mol. The maximum Gasteiger partial charge on any atom is 0.273 e. The topological polar surface area (TPSA) is 93.4 Å². The molecule has 9 heteroatoms. The van der Waals surface area contributed by atoms with Gasteiger partial charge in [0, 0.05) is 23.0 Å². The summed E-state index contributed by atoms with van der Waals surface area (Å²) in [6.07, 6.45) is 0. The van der Waals surface area contributed by atoms with Gasteiger partial charge in [0.1, 0.15) is 10.7 Å². The van der Waals surface area contributed by atoms with Crippen LogP contribution >= 0.6 is 22.9 Å². The number of carbonyl (C=O) groups excluding carboxylic acids is 1. The van der Waals surface area contributed by atoms with Crippen molar-refractivity contribution >= 4 is 38.9 Å². The van der Waals surface area contributed by atoms with Gasteiger partial charge in [0.15, 0.2) is 0 Å². The van der Waals surface area contributed by atoms with Crippen LogP contribution in [-0.2, 0) is 10.0 Å². The summed E-state index contributed by atoms with van der Waals surface area (Å²) in [5.74, 6) is -0.259. The Labute approximate surface area is 172 Å². The minimum absolute atomic E-state index is 0.0105. The molecule has 0 aliphatic heterocycles. The van der Waals surface area contributed by atoms with E-state index in [0.717, 1.165) is 10.6 Å². The fourth-order valence-electron chi connectivity index (χ4n) is 2.63. The van der Waals surface area contributed by atoms with Gasteiger partial charge in [-0.15, -0.1) is 11.3 Å². The summed E-state index contributed by atoms with van der Waals surface area (Å²) < 4.78 is 23.1. The summed E-state index contributed by atoms with van der Waals surface area (Å²) in [5, 5.41) is 8.25. The molecule has 1 heterocycles. The van der Waals surface area contributed by atoms with Crippen molar-refractivity contribution in [2.75, 3.05) is 7.05 Å². The molecule has 0 fully saturated rings. The Hall–Kier alpha value is -2.26. The summed E-state index contributed by atoms with van der Waals surface area (Å²) >= 11 is 7.28. The number of benzene rings is 2. The zero-order chi connectivity index (χ0) is 20.5. The molecule has 2 N–H and O–H groups in total. The Bertz CT molecular complexity index is 1110. The Morgan fingerprint density at radius 1 is 1.21 bits per heavy atom. The molecule has 0 aliphatic rings. The van der Waals surface area contributed by atoms with E-state index in [0.29, 0.717) is 16.3 Å². The van der Waals surface area contributed by atoms with Crippen molar-refractivity contribution in [3.63, 3.8) is 0 Å². The fourth-order valence-corrected chi connectivity index (χ4v) is 4.12. The third kappa shape index (κ3) is 4.41. The van der Waals surface area contributed by atoms with Gasteiger partial charge in [0.2, 0.25) is 10.0 Å². The molecule has 2 aromatic carbocycles. The molecule has 3 rings (SSSR count). The molecule has 146 valence electrons. The van der Waals surface area contributed by atoms with Crippen LogP contribution in [0.4, 0.5) is 0 Å². The van der Waals surface area contributed by atoms with Crippen LogP contribution in [0.1, 0.15) is 29.0 Å². The first kappa shape index (κ1) is 20.5. The fraction of sp³-hybridized carbons (Fsp3) is 0.158. The largest absolute Gasteiger partial charge is 0.334 e. The van der Waals surface area contributed by atoms with Crippen molar-refractivity contribution in [2.45, 2.75) is 17.9 Å². The summed E-state index contributed by atoms with van der Waals surface area (Å²) in [5.41, 5.74) is 1.87. The quantitative estimate of drug-likeness (QED) is 0.656. The zero-order valence-electron chi connectivity index (χ0n) is 15.2. The number of carbonyl (C=O) groups is 1. The number of sulfonamides is 1. The van der Waals surface area contributed by atoms with Crippen molar-refractivity contribution < 1.29 is 13.2 Å². The minimum Gasteiger partial charge on any atom is -0.334 e. The first-order valence-electron chi connectivity index (χ1n) is 8.28. The van der Waals surface area contributed by atoms with Crippen LogP contribution < -0.4 is 5.14 Å². The predicted octanol–water partition coefficient (Wildman–Crippen LogP) is 3.94. The van der Waals surface area contributed by atoms with Crippen LogP contribution in [0.3, 0.4) is 0 Å². The number of aromatic nitrogens is 1. The van der Waals surface area contributed by atoms with Gasteiger partial charge in [0.25, 0.3) is 5.91 Å². The van der Waals surface area contributed by atoms with Crippen molar-refractivity contribution in [2.24, 2.45) is 5.14 Å². The maximum absolute atomic E-state index is 12.8. The smallest absolute Gasteiger partial charge is 0.273 e. The number of primary sulfonamides is 1. The number of nitrogens with two attached hydrogens (primary N) is 1. The number of rotatable bonds is 5. The first-order chi connectivity index (χ1) is 13.2. The third-order valence-electron chi connectivity index (χ3n) is 4.38. The normalized spacial score (nSPS) is 12.6. The molecule has 28 heavy (non-hydrogen) atoms. The van der Waals surface area contributed by atoms with Crippen molar-refractivity contribution in [1.82, 2.24) is 9.88 Å². The summed E-state index contributed by atoms with van der Waals surface area (Å²) in [4.78, 5) is 18.8. The van der Waals surface area contributed by atoms with Gasteiger partial charge in [-0.25, -0.2) is 18.5 Å². The number of thiazole rings is 1. The molecule has 0 radical (unpaired) electrons. The van der Waals surface area contributed by atoms with E-state index in [2.05, 4.69) is 4.98 Å². The second-order valence-corrected chi connectivity index (χ2v) is 9.11. The number of amides is 1. The Balaban J connectivity index is 1.82. The van der Waals surface area contributed by atoms with E-state index in [-0.39, 0.29) is 16.8 Å². The van der Waals surface area contributed by atoms with E-state index in [1.165, 1.54) is 28.4 Å². The van der Waals surface area contributed by atoms with E-state index >= 15 is 0 Å². The molecule has 0 saturated heterocycles. The van der Waals surface area contributed by atoms with Crippen LogP contribution in [0.2, 0.25) is 5.02 Å². The Kier molecular flexibility index (Phi) is 5.85. The summed E-state index contributed by atoms with van der Waals surface area (Å²) in [7, 11) is -2.16. The van der Waals surface area contributed by atoms with E-state index in [4.69, 9.17) is 16.7 Å². The summed E-state index contributed by atoms with van der Waals surface area (Å²) in [6, 6.07) is 13.1. The summed E-state index contributed by atoms with van der Waals surface area (Å²) in [6.45, 7) is 1.81. The maximum atomic E-state index is 12.8. The molecule has 0 saturated carbocycles. The lowest BCUT2D eigenvalue weighted by Gasteiger charge is -2.25. The van der Waals surface area contributed by atoms with Gasteiger partial charge in [-0.2, -0.15) is 0 Å². The monoisotopic (exact) mass is 435 g/mol. The van der Waals surface area contributed by atoms with E-state index in [9.17, 15) is 13.2 Å². The second-order valence-electron chi connectivity index (χ2n) is 6.25. The lowest BCUT2D eigenvalue weighted by atomic mass is 10.1. The molecule has 1 atom stereocenters. The van der Waals surface area contributed by atoms with E-state index in [1.54, 1.807) is 36.7 Å². The molecule has 1 aromatic heterocycles. The van der Waals surface area contributed by atoms with Gasteiger partial charge in [-0.1, -0.05) is 35.9 Å². The lowest BCUT2D eigenvalue weighted by Crippen LogP contribution is -2.30. The Morgan fingerprint density at radius 3 is 2.54 bits per heavy atom. The standard InChI is InChI=1S/C19H18ClN3O3S2/c1-12(14-4-3-5-16(10-14)28(21,25)26)23(2)19(24)17-11-27-18(22-17)13-6-8-15(20)9-7-13/h3-12H,1-2H3,(H2,21,25,26). The van der Waals surface area contributed by atoms with Crippen LogP contribution in [0.25, 0.3) is 10.6 Å². The number of nitrogens with zero attached hydrogens (tertiary/aromatic N) is 2. The first-order valence-corrected chi connectivity index (χ1v) is 11.1. The van der Waals surface area contributed by atoms with E-state index < -0.39 is 10.0 Å². The van der Waals surface area contributed by atoms with Crippen molar-refractivity contribution in [3.05, 3.63) is 70.2 Å². The molecule has 1 amide bonds. The highest BCUT2D eigenvalue weighted by Crippen LogP contribution is 2.27. The van der Waals surface area contributed by atoms with Gasteiger partial charge in [0.05, 0.1) is 10.9 Å². The second kappa shape index (κ2) is 8.00. The molecule has 0 spiro atoms. The van der Waals surface area contributed by atoms with Gasteiger partial charge in [-0.05, 0) is 36.8 Å². The van der Waals surface area contributed by atoms with Gasteiger partial charge in [-0.3, -0.25) is 4.79 Å². The molecule has 6 nitrogen and oxygen atoms in total. The molecular formula is C19H18ClN3O3S2. The van der Waals surface area contributed by atoms with Gasteiger partial charge >= 0.3 is 0 Å². The van der Waals surface area contributed by atoms with Crippen LogP contribution in [0.5, 0.6) is 0 Å². The number of halogens is 1. The third-order valence-corrected chi connectivity index (χ3v) is 6.44.